The minimum atomic E-state index is -0.118. The molecule has 0 saturated carbocycles. The van der Waals surface area contributed by atoms with Gasteiger partial charge in [0.25, 0.3) is 11.8 Å². The number of rotatable bonds is 2. The van der Waals surface area contributed by atoms with E-state index in [1.807, 2.05) is 37.5 Å². The van der Waals surface area contributed by atoms with Crippen molar-refractivity contribution in [3.05, 3.63) is 0 Å². The Labute approximate surface area is 178 Å². The standard InChI is InChI=1S/C10H17NO2.C9H15NO2.2C2H6/c1-7-5-8(2)11(6-7)10(12)9-3-4-13-9;1-7-2-4-10(6-7)9(11)8-3-5-12-8;2*1-2/h7-9H,3-6H2,1-2H3;7-8H,2-6H2,1H3;2*1-2H3. The first kappa shape index (κ1) is 25.9. The zero-order valence-electron chi connectivity index (χ0n) is 19.8. The van der Waals surface area contributed by atoms with Crippen LogP contribution in [-0.4, -0.2) is 72.7 Å². The van der Waals surface area contributed by atoms with Gasteiger partial charge in [0.15, 0.2) is 0 Å². The lowest BCUT2D eigenvalue weighted by Crippen LogP contribution is -2.46. The number of ether oxygens (including phenoxy) is 2. The minimum Gasteiger partial charge on any atom is -0.368 e. The van der Waals surface area contributed by atoms with E-state index in [1.54, 1.807) is 0 Å². The van der Waals surface area contributed by atoms with Crippen LogP contribution in [0.4, 0.5) is 0 Å². The summed E-state index contributed by atoms with van der Waals surface area (Å²) in [6.07, 6.45) is 3.90. The molecule has 170 valence electrons. The molecule has 4 rings (SSSR count). The van der Waals surface area contributed by atoms with E-state index in [0.29, 0.717) is 17.9 Å². The van der Waals surface area contributed by atoms with Gasteiger partial charge in [0.2, 0.25) is 0 Å². The molecule has 2 amide bonds. The highest BCUT2D eigenvalue weighted by atomic mass is 16.5. The molecule has 4 heterocycles. The Hall–Kier alpha value is -1.14. The molecule has 4 aliphatic heterocycles. The van der Waals surface area contributed by atoms with E-state index in [1.165, 1.54) is 0 Å². The van der Waals surface area contributed by atoms with Gasteiger partial charge in [-0.25, -0.2) is 0 Å². The van der Waals surface area contributed by atoms with Crippen LogP contribution in [0.1, 0.15) is 74.1 Å². The number of hydrogen-bond acceptors (Lipinski definition) is 4. The van der Waals surface area contributed by atoms with Crippen molar-refractivity contribution < 1.29 is 19.1 Å². The fraction of sp³-hybridized carbons (Fsp3) is 0.913. The van der Waals surface area contributed by atoms with Gasteiger partial charge in [0.05, 0.1) is 13.2 Å². The molecule has 5 atom stereocenters. The molecule has 0 aromatic carbocycles. The molecule has 6 nitrogen and oxygen atoms in total. The van der Waals surface area contributed by atoms with Gasteiger partial charge < -0.3 is 19.3 Å². The fourth-order valence-corrected chi connectivity index (χ4v) is 3.99. The Kier molecular flexibility index (Phi) is 11.8. The van der Waals surface area contributed by atoms with Crippen LogP contribution in [0.2, 0.25) is 0 Å². The van der Waals surface area contributed by atoms with Gasteiger partial charge in [-0.3, -0.25) is 9.59 Å². The van der Waals surface area contributed by atoms with Gasteiger partial charge in [0, 0.05) is 38.5 Å². The Morgan fingerprint density at radius 3 is 1.62 bits per heavy atom. The smallest absolute Gasteiger partial charge is 0.252 e. The largest absolute Gasteiger partial charge is 0.368 e. The van der Waals surface area contributed by atoms with E-state index in [2.05, 4.69) is 20.8 Å². The zero-order valence-corrected chi connectivity index (χ0v) is 19.8. The summed E-state index contributed by atoms with van der Waals surface area (Å²) >= 11 is 0. The summed E-state index contributed by atoms with van der Waals surface area (Å²) in [5.74, 6) is 1.75. The van der Waals surface area contributed by atoms with Crippen LogP contribution in [0.3, 0.4) is 0 Å². The molecule has 0 aromatic heterocycles. The van der Waals surface area contributed by atoms with E-state index in [0.717, 1.165) is 58.5 Å². The minimum absolute atomic E-state index is 0.102. The van der Waals surface area contributed by atoms with E-state index < -0.39 is 0 Å². The molecular formula is C23H44N2O4. The highest BCUT2D eigenvalue weighted by Gasteiger charge is 2.37. The van der Waals surface area contributed by atoms with Crippen molar-refractivity contribution in [3.8, 4) is 0 Å². The molecule has 0 aliphatic carbocycles. The van der Waals surface area contributed by atoms with Gasteiger partial charge in [-0.05, 0) is 31.6 Å². The highest BCUT2D eigenvalue weighted by molar-refractivity contribution is 5.82. The lowest BCUT2D eigenvalue weighted by molar-refractivity contribution is -0.156. The molecule has 0 radical (unpaired) electrons. The summed E-state index contributed by atoms with van der Waals surface area (Å²) in [5.41, 5.74) is 0. The average Bonchev–Trinajstić information content (AvgIpc) is 3.21. The van der Waals surface area contributed by atoms with E-state index in [-0.39, 0.29) is 24.0 Å². The highest BCUT2D eigenvalue weighted by Crippen LogP contribution is 2.25. The Bertz CT molecular complexity index is 491. The number of amides is 2. The summed E-state index contributed by atoms with van der Waals surface area (Å²) in [6, 6.07) is 0.409. The fourth-order valence-electron chi connectivity index (χ4n) is 3.99. The molecule has 4 aliphatic rings. The van der Waals surface area contributed by atoms with Crippen molar-refractivity contribution in [1.29, 1.82) is 0 Å². The lowest BCUT2D eigenvalue weighted by atomic mass is 10.1. The Balaban J connectivity index is 0.000000248. The molecule has 6 heteroatoms. The second kappa shape index (κ2) is 13.2. The summed E-state index contributed by atoms with van der Waals surface area (Å²) in [5, 5.41) is 0. The average molecular weight is 413 g/mol. The van der Waals surface area contributed by atoms with Crippen molar-refractivity contribution >= 4 is 11.8 Å². The first-order valence-corrected chi connectivity index (χ1v) is 11.8. The van der Waals surface area contributed by atoms with Gasteiger partial charge >= 0.3 is 0 Å². The second-order valence-electron chi connectivity index (χ2n) is 8.15. The predicted octanol–water partition coefficient (Wildman–Crippen LogP) is 3.73. The van der Waals surface area contributed by atoms with Crippen molar-refractivity contribution in [3.63, 3.8) is 0 Å². The molecular weight excluding hydrogens is 368 g/mol. The lowest BCUT2D eigenvalue weighted by Gasteiger charge is -2.31. The zero-order chi connectivity index (χ0) is 22.0. The SMILES string of the molecule is CC.CC.CC1CC(C)N(C(=O)C2CCO2)C1.CC1CCN(C(=O)C2CCO2)C1. The van der Waals surface area contributed by atoms with Crippen molar-refractivity contribution in [1.82, 2.24) is 9.80 Å². The summed E-state index contributed by atoms with van der Waals surface area (Å²) in [6.45, 7) is 18.8. The number of hydrogen-bond donors (Lipinski definition) is 0. The Morgan fingerprint density at radius 2 is 1.28 bits per heavy atom. The van der Waals surface area contributed by atoms with Crippen molar-refractivity contribution in [2.75, 3.05) is 32.8 Å². The first-order chi connectivity index (χ1) is 14.0. The van der Waals surface area contributed by atoms with Crippen molar-refractivity contribution in [2.45, 2.75) is 92.4 Å². The van der Waals surface area contributed by atoms with Crippen LogP contribution in [0.5, 0.6) is 0 Å². The number of carbonyl (C=O) groups excluding carboxylic acids is 2. The maximum absolute atomic E-state index is 11.8. The van der Waals surface area contributed by atoms with Gasteiger partial charge in [-0.15, -0.1) is 0 Å². The molecule has 4 saturated heterocycles. The quantitative estimate of drug-likeness (QED) is 0.693. The van der Waals surface area contributed by atoms with Crippen LogP contribution in [0.25, 0.3) is 0 Å². The molecule has 5 unspecified atom stereocenters. The third-order valence-electron chi connectivity index (χ3n) is 5.75. The summed E-state index contributed by atoms with van der Waals surface area (Å²) in [7, 11) is 0. The number of likely N-dealkylation sites (tertiary alicyclic amines) is 2. The van der Waals surface area contributed by atoms with E-state index in [9.17, 15) is 9.59 Å². The summed E-state index contributed by atoms with van der Waals surface area (Å²) in [4.78, 5) is 27.3. The third-order valence-corrected chi connectivity index (χ3v) is 5.75. The predicted molar refractivity (Wildman–Crippen MR) is 117 cm³/mol. The van der Waals surface area contributed by atoms with Crippen LogP contribution >= 0.6 is 0 Å². The monoisotopic (exact) mass is 412 g/mol. The van der Waals surface area contributed by atoms with Crippen molar-refractivity contribution in [2.24, 2.45) is 11.8 Å². The third kappa shape index (κ3) is 7.25. The van der Waals surface area contributed by atoms with Gasteiger partial charge in [-0.1, -0.05) is 41.5 Å². The maximum Gasteiger partial charge on any atom is 0.252 e. The first-order valence-electron chi connectivity index (χ1n) is 11.8. The van der Waals surface area contributed by atoms with E-state index in [4.69, 9.17) is 9.47 Å². The maximum atomic E-state index is 11.8. The van der Waals surface area contributed by atoms with Gasteiger partial charge in [-0.2, -0.15) is 0 Å². The molecule has 4 fully saturated rings. The van der Waals surface area contributed by atoms with Crippen LogP contribution in [0, 0.1) is 11.8 Å². The topological polar surface area (TPSA) is 59.1 Å². The van der Waals surface area contributed by atoms with Gasteiger partial charge in [0.1, 0.15) is 12.2 Å². The second-order valence-corrected chi connectivity index (χ2v) is 8.15. The van der Waals surface area contributed by atoms with Crippen LogP contribution in [-0.2, 0) is 19.1 Å². The molecule has 0 aromatic rings. The molecule has 29 heavy (non-hydrogen) atoms. The summed E-state index contributed by atoms with van der Waals surface area (Å²) < 4.78 is 10.3. The Morgan fingerprint density at radius 1 is 0.759 bits per heavy atom. The number of nitrogens with zero attached hydrogens (tertiary/aromatic N) is 2. The van der Waals surface area contributed by atoms with Crippen LogP contribution in [0.15, 0.2) is 0 Å². The molecule has 0 bridgehead atoms. The molecule has 0 N–H and O–H groups in total. The normalized spacial score (nSPS) is 32.3. The van der Waals surface area contributed by atoms with Crippen LogP contribution < -0.4 is 0 Å². The number of carbonyl (C=O) groups is 2. The molecule has 0 spiro atoms. The van der Waals surface area contributed by atoms with E-state index >= 15 is 0 Å².